The Hall–Kier alpha value is -0.790. The zero-order valence-electron chi connectivity index (χ0n) is 7.26. The van der Waals surface area contributed by atoms with Gasteiger partial charge in [-0.25, -0.2) is 0 Å². The molecule has 1 aliphatic rings. The third-order valence-corrected chi connectivity index (χ3v) is 2.39. The van der Waals surface area contributed by atoms with E-state index in [9.17, 15) is 4.79 Å². The maximum absolute atomic E-state index is 11.2. The molecule has 0 N–H and O–H groups in total. The van der Waals surface area contributed by atoms with Crippen LogP contribution in [-0.4, -0.2) is 13.1 Å². The van der Waals surface area contributed by atoms with Gasteiger partial charge in [0.05, 0.1) is 12.5 Å². The van der Waals surface area contributed by atoms with E-state index in [1.165, 1.54) is 7.11 Å². The number of carbonyl (C=O) groups is 1. The molecule has 11 heavy (non-hydrogen) atoms. The van der Waals surface area contributed by atoms with Gasteiger partial charge in [-0.05, 0) is 19.3 Å². The molecule has 2 nitrogen and oxygen atoms in total. The standard InChI is InChI=1S/C9H14O2/c1-4-5-9(6-7(9)2)8(10)11-3/h4-5,7H,6H2,1-3H3/b5-4+/t7-,9-/m1/s1. The van der Waals surface area contributed by atoms with Crippen LogP contribution in [0.3, 0.4) is 0 Å². The lowest BCUT2D eigenvalue weighted by molar-refractivity contribution is -0.145. The van der Waals surface area contributed by atoms with Gasteiger partial charge in [0, 0.05) is 0 Å². The highest BCUT2D eigenvalue weighted by molar-refractivity contribution is 5.82. The van der Waals surface area contributed by atoms with Crippen LogP contribution < -0.4 is 0 Å². The smallest absolute Gasteiger partial charge is 0.315 e. The minimum Gasteiger partial charge on any atom is -0.468 e. The molecule has 0 spiro atoms. The summed E-state index contributed by atoms with van der Waals surface area (Å²) < 4.78 is 4.71. The molecule has 2 heteroatoms. The zero-order chi connectivity index (χ0) is 8.48. The van der Waals surface area contributed by atoms with Gasteiger partial charge in [-0.1, -0.05) is 19.1 Å². The van der Waals surface area contributed by atoms with Crippen molar-refractivity contribution in [3.63, 3.8) is 0 Å². The lowest BCUT2D eigenvalue weighted by Gasteiger charge is -2.07. The maximum Gasteiger partial charge on any atom is 0.315 e. The normalized spacial score (nSPS) is 35.7. The molecule has 1 aliphatic carbocycles. The van der Waals surface area contributed by atoms with E-state index in [0.717, 1.165) is 6.42 Å². The van der Waals surface area contributed by atoms with Crippen LogP contribution in [0.1, 0.15) is 20.3 Å². The summed E-state index contributed by atoms with van der Waals surface area (Å²) in [5.41, 5.74) is -0.274. The maximum atomic E-state index is 11.2. The summed E-state index contributed by atoms with van der Waals surface area (Å²) in [5.74, 6) is 0.356. The lowest BCUT2D eigenvalue weighted by atomic mass is 10.0. The molecular weight excluding hydrogens is 140 g/mol. The molecule has 0 saturated heterocycles. The van der Waals surface area contributed by atoms with Gasteiger partial charge in [-0.15, -0.1) is 0 Å². The summed E-state index contributed by atoms with van der Waals surface area (Å²) in [6.45, 7) is 3.99. The number of hydrogen-bond donors (Lipinski definition) is 0. The first-order chi connectivity index (χ1) is 5.17. The van der Waals surface area contributed by atoms with Crippen LogP contribution in [0.25, 0.3) is 0 Å². The summed E-state index contributed by atoms with van der Waals surface area (Å²) in [7, 11) is 1.44. The summed E-state index contributed by atoms with van der Waals surface area (Å²) in [6, 6.07) is 0. The highest BCUT2D eigenvalue weighted by Gasteiger charge is 2.56. The van der Waals surface area contributed by atoms with E-state index in [-0.39, 0.29) is 11.4 Å². The van der Waals surface area contributed by atoms with Crippen LogP contribution in [0.2, 0.25) is 0 Å². The number of carbonyl (C=O) groups excluding carboxylic acids is 1. The van der Waals surface area contributed by atoms with Gasteiger partial charge in [-0.3, -0.25) is 4.79 Å². The fourth-order valence-electron chi connectivity index (χ4n) is 1.52. The van der Waals surface area contributed by atoms with Gasteiger partial charge >= 0.3 is 5.97 Å². The molecular formula is C9H14O2. The summed E-state index contributed by atoms with van der Waals surface area (Å²) in [6.07, 6.45) is 4.80. The predicted octanol–water partition coefficient (Wildman–Crippen LogP) is 1.76. The summed E-state index contributed by atoms with van der Waals surface area (Å²) >= 11 is 0. The van der Waals surface area contributed by atoms with E-state index in [1.807, 2.05) is 19.1 Å². The van der Waals surface area contributed by atoms with Gasteiger partial charge in [0.15, 0.2) is 0 Å². The Balaban J connectivity index is 2.71. The molecule has 1 fully saturated rings. The Morgan fingerprint density at radius 1 is 1.73 bits per heavy atom. The molecule has 0 aromatic rings. The van der Waals surface area contributed by atoms with Crippen LogP contribution in [-0.2, 0) is 9.53 Å². The topological polar surface area (TPSA) is 26.3 Å². The highest BCUT2D eigenvalue weighted by atomic mass is 16.5. The molecule has 0 aliphatic heterocycles. The molecule has 0 unspecified atom stereocenters. The Labute approximate surface area is 67.2 Å². The van der Waals surface area contributed by atoms with Gasteiger partial charge in [-0.2, -0.15) is 0 Å². The Bertz CT molecular complexity index is 196. The van der Waals surface area contributed by atoms with Crippen molar-refractivity contribution in [2.24, 2.45) is 11.3 Å². The Morgan fingerprint density at radius 2 is 2.27 bits per heavy atom. The van der Waals surface area contributed by atoms with Gasteiger partial charge in [0.1, 0.15) is 0 Å². The monoisotopic (exact) mass is 154 g/mol. The van der Waals surface area contributed by atoms with E-state index in [1.54, 1.807) is 0 Å². The first-order valence-electron chi connectivity index (χ1n) is 3.89. The van der Waals surface area contributed by atoms with Gasteiger partial charge in [0.2, 0.25) is 0 Å². The average molecular weight is 154 g/mol. The molecule has 1 saturated carbocycles. The fourth-order valence-corrected chi connectivity index (χ4v) is 1.52. The highest BCUT2D eigenvalue weighted by Crippen LogP contribution is 2.54. The molecule has 1 rings (SSSR count). The Kier molecular flexibility index (Phi) is 2.03. The van der Waals surface area contributed by atoms with Crippen LogP contribution in [0.4, 0.5) is 0 Å². The second-order valence-electron chi connectivity index (χ2n) is 3.14. The van der Waals surface area contributed by atoms with Gasteiger partial charge < -0.3 is 4.74 Å². The first kappa shape index (κ1) is 8.31. The molecule has 0 heterocycles. The quantitative estimate of drug-likeness (QED) is 0.447. The predicted molar refractivity (Wildman–Crippen MR) is 43.0 cm³/mol. The molecule has 0 bridgehead atoms. The van der Waals surface area contributed by atoms with Crippen molar-refractivity contribution in [3.8, 4) is 0 Å². The second-order valence-corrected chi connectivity index (χ2v) is 3.14. The number of esters is 1. The SMILES string of the molecule is C/C=C/[C@@]1(C(=O)OC)C[C@H]1C. The molecule has 62 valence electrons. The van der Waals surface area contributed by atoms with Crippen LogP contribution >= 0.6 is 0 Å². The first-order valence-corrected chi connectivity index (χ1v) is 3.89. The number of ether oxygens (including phenoxy) is 1. The third kappa shape index (κ3) is 1.17. The molecule has 0 radical (unpaired) electrons. The van der Waals surface area contributed by atoms with Crippen molar-refractivity contribution in [2.45, 2.75) is 20.3 Å². The van der Waals surface area contributed by atoms with Crippen molar-refractivity contribution in [2.75, 3.05) is 7.11 Å². The second kappa shape index (κ2) is 2.68. The minimum absolute atomic E-state index is 0.0944. The third-order valence-electron chi connectivity index (χ3n) is 2.39. The van der Waals surface area contributed by atoms with E-state index in [0.29, 0.717) is 5.92 Å². The van der Waals surface area contributed by atoms with Crippen LogP contribution in [0, 0.1) is 11.3 Å². The fraction of sp³-hybridized carbons (Fsp3) is 0.667. The zero-order valence-corrected chi connectivity index (χ0v) is 7.26. The molecule has 0 amide bonds. The van der Waals surface area contributed by atoms with Crippen molar-refractivity contribution in [3.05, 3.63) is 12.2 Å². The van der Waals surface area contributed by atoms with Crippen LogP contribution in [0.15, 0.2) is 12.2 Å². The minimum atomic E-state index is -0.274. The van der Waals surface area contributed by atoms with Crippen LogP contribution in [0.5, 0.6) is 0 Å². The molecule has 0 aromatic heterocycles. The van der Waals surface area contributed by atoms with Crippen molar-refractivity contribution in [1.29, 1.82) is 0 Å². The van der Waals surface area contributed by atoms with Crippen molar-refractivity contribution >= 4 is 5.97 Å². The number of allylic oxidation sites excluding steroid dienone is 1. The molecule has 0 aromatic carbocycles. The number of methoxy groups -OCH3 is 1. The average Bonchev–Trinajstić information content (AvgIpc) is 2.62. The summed E-state index contributed by atoms with van der Waals surface area (Å²) in [4.78, 5) is 11.2. The largest absolute Gasteiger partial charge is 0.468 e. The van der Waals surface area contributed by atoms with E-state index in [4.69, 9.17) is 4.74 Å². The number of hydrogen-bond acceptors (Lipinski definition) is 2. The van der Waals surface area contributed by atoms with E-state index < -0.39 is 0 Å². The number of rotatable bonds is 2. The van der Waals surface area contributed by atoms with E-state index in [2.05, 4.69) is 6.92 Å². The van der Waals surface area contributed by atoms with Crippen molar-refractivity contribution < 1.29 is 9.53 Å². The summed E-state index contributed by atoms with van der Waals surface area (Å²) in [5, 5.41) is 0. The molecule has 2 atom stereocenters. The van der Waals surface area contributed by atoms with E-state index >= 15 is 0 Å². The van der Waals surface area contributed by atoms with Crippen molar-refractivity contribution in [1.82, 2.24) is 0 Å². The lowest BCUT2D eigenvalue weighted by Crippen LogP contribution is -2.16. The van der Waals surface area contributed by atoms with Gasteiger partial charge in [0.25, 0.3) is 0 Å². The Morgan fingerprint density at radius 3 is 2.55 bits per heavy atom.